The zero-order valence-corrected chi connectivity index (χ0v) is 15.5. The van der Waals surface area contributed by atoms with Gasteiger partial charge in [-0.25, -0.2) is 0 Å². The molecule has 0 spiro atoms. The van der Waals surface area contributed by atoms with E-state index in [0.717, 1.165) is 13.1 Å². The Morgan fingerprint density at radius 2 is 1.75 bits per heavy atom. The molecule has 6 nitrogen and oxygen atoms in total. The highest BCUT2D eigenvalue weighted by molar-refractivity contribution is 6.44. The van der Waals surface area contributed by atoms with E-state index in [1.54, 1.807) is 16.8 Å². The van der Waals surface area contributed by atoms with Crippen molar-refractivity contribution in [3.63, 3.8) is 0 Å². The molecule has 2 rings (SSSR count). The van der Waals surface area contributed by atoms with E-state index in [0.29, 0.717) is 33.8 Å². The summed E-state index contributed by atoms with van der Waals surface area (Å²) in [5.41, 5.74) is 0.387. The Morgan fingerprint density at radius 1 is 1.12 bits per heavy atom. The molecule has 0 saturated carbocycles. The first kappa shape index (κ1) is 19.3. The lowest BCUT2D eigenvalue weighted by Crippen LogP contribution is -2.49. The van der Waals surface area contributed by atoms with Crippen molar-refractivity contribution in [2.24, 2.45) is 0 Å². The molecule has 24 heavy (non-hydrogen) atoms. The Labute approximate surface area is 156 Å². The molecular formula is C15H19Cl3N4O2. The first-order chi connectivity index (χ1) is 11.4. The number of anilines is 1. The van der Waals surface area contributed by atoms with Gasteiger partial charge in [0.15, 0.2) is 0 Å². The second-order valence-electron chi connectivity index (χ2n) is 5.60. The van der Waals surface area contributed by atoms with E-state index in [1.165, 1.54) is 12.1 Å². The molecule has 132 valence electrons. The predicted molar refractivity (Wildman–Crippen MR) is 97.0 cm³/mol. The van der Waals surface area contributed by atoms with Crippen LogP contribution in [0.3, 0.4) is 0 Å². The lowest BCUT2D eigenvalue weighted by molar-refractivity contribution is -0.133. The third-order valence-electron chi connectivity index (χ3n) is 3.57. The maximum atomic E-state index is 12.2. The Balaban J connectivity index is 1.85. The molecule has 0 unspecified atom stereocenters. The second kappa shape index (κ2) is 8.87. The van der Waals surface area contributed by atoms with Crippen LogP contribution in [0.5, 0.6) is 0 Å². The Kier molecular flexibility index (Phi) is 7.13. The van der Waals surface area contributed by atoms with Crippen LogP contribution < -0.4 is 10.6 Å². The predicted octanol–water partition coefficient (Wildman–Crippen LogP) is 1.95. The summed E-state index contributed by atoms with van der Waals surface area (Å²) in [6.07, 6.45) is 0. The number of piperazine rings is 1. The van der Waals surface area contributed by atoms with E-state index >= 15 is 0 Å². The molecule has 0 aromatic heterocycles. The molecule has 1 fully saturated rings. The van der Waals surface area contributed by atoms with Crippen LogP contribution >= 0.6 is 34.8 Å². The molecule has 1 aliphatic heterocycles. The maximum absolute atomic E-state index is 12.2. The zero-order chi connectivity index (χ0) is 17.7. The molecule has 1 heterocycles. The molecule has 0 aliphatic carbocycles. The van der Waals surface area contributed by atoms with Gasteiger partial charge in [-0.2, -0.15) is 0 Å². The van der Waals surface area contributed by atoms with Crippen molar-refractivity contribution < 1.29 is 9.59 Å². The van der Waals surface area contributed by atoms with Gasteiger partial charge in [-0.05, 0) is 19.2 Å². The molecule has 2 N–H and O–H groups in total. The van der Waals surface area contributed by atoms with E-state index in [-0.39, 0.29) is 24.9 Å². The van der Waals surface area contributed by atoms with Crippen molar-refractivity contribution >= 4 is 52.3 Å². The second-order valence-corrected chi connectivity index (χ2v) is 6.82. The van der Waals surface area contributed by atoms with Gasteiger partial charge in [-0.15, -0.1) is 0 Å². The molecule has 2 amide bonds. The summed E-state index contributed by atoms with van der Waals surface area (Å²) in [6.45, 7) is 3.23. The van der Waals surface area contributed by atoms with Crippen LogP contribution in [0.2, 0.25) is 15.1 Å². The number of likely N-dealkylation sites (N-methyl/N-ethyl adjacent to an activating group) is 1. The summed E-state index contributed by atoms with van der Waals surface area (Å²) in [5, 5.41) is 6.79. The monoisotopic (exact) mass is 392 g/mol. The average molecular weight is 394 g/mol. The fourth-order valence-corrected chi connectivity index (χ4v) is 2.95. The van der Waals surface area contributed by atoms with Crippen molar-refractivity contribution in [2.45, 2.75) is 0 Å². The summed E-state index contributed by atoms with van der Waals surface area (Å²) in [5.74, 6) is -0.273. The van der Waals surface area contributed by atoms with Gasteiger partial charge in [0, 0.05) is 26.2 Å². The molecule has 0 radical (unpaired) electrons. The molecule has 1 aromatic carbocycles. The van der Waals surface area contributed by atoms with Crippen LogP contribution in [-0.2, 0) is 9.59 Å². The molecular weight excluding hydrogens is 375 g/mol. The van der Waals surface area contributed by atoms with Crippen LogP contribution in [0.15, 0.2) is 12.1 Å². The summed E-state index contributed by atoms with van der Waals surface area (Å²) >= 11 is 17.8. The summed E-state index contributed by atoms with van der Waals surface area (Å²) in [4.78, 5) is 27.7. The van der Waals surface area contributed by atoms with E-state index in [2.05, 4.69) is 10.6 Å². The van der Waals surface area contributed by atoms with Crippen LogP contribution in [0.4, 0.5) is 5.69 Å². The quantitative estimate of drug-likeness (QED) is 0.751. The number of hydrogen-bond donors (Lipinski definition) is 2. The minimum absolute atomic E-state index is 0.0133. The molecule has 1 aliphatic rings. The van der Waals surface area contributed by atoms with E-state index in [1.807, 2.05) is 0 Å². The van der Waals surface area contributed by atoms with Crippen LogP contribution in [0.25, 0.3) is 0 Å². The van der Waals surface area contributed by atoms with Gasteiger partial charge < -0.3 is 15.5 Å². The van der Waals surface area contributed by atoms with Gasteiger partial charge in [-0.1, -0.05) is 34.8 Å². The van der Waals surface area contributed by atoms with Gasteiger partial charge in [0.25, 0.3) is 0 Å². The van der Waals surface area contributed by atoms with Crippen molar-refractivity contribution in [3.8, 4) is 0 Å². The fraction of sp³-hybridized carbons (Fsp3) is 0.467. The molecule has 1 aromatic rings. The highest BCUT2D eigenvalue weighted by Crippen LogP contribution is 2.32. The van der Waals surface area contributed by atoms with E-state index in [4.69, 9.17) is 34.8 Å². The highest BCUT2D eigenvalue weighted by atomic mass is 35.5. The number of carbonyl (C=O) groups is 2. The standard InChI is InChI=1S/C15H19Cl3N4O2/c1-21(9-15(24)22-4-2-19-3-5-22)8-14(23)20-13-7-11(17)10(16)6-12(13)18/h6-7,19H,2-5,8-9H2,1H3,(H,20,23). The molecule has 0 bridgehead atoms. The van der Waals surface area contributed by atoms with Crippen molar-refractivity contribution in [1.29, 1.82) is 0 Å². The summed E-state index contributed by atoms with van der Waals surface area (Å²) in [7, 11) is 1.72. The highest BCUT2D eigenvalue weighted by Gasteiger charge is 2.19. The van der Waals surface area contributed by atoms with E-state index in [9.17, 15) is 9.59 Å². The molecule has 0 atom stereocenters. The number of hydrogen-bond acceptors (Lipinski definition) is 4. The average Bonchev–Trinajstić information content (AvgIpc) is 2.53. The van der Waals surface area contributed by atoms with Crippen LogP contribution in [-0.4, -0.2) is 67.9 Å². The summed E-state index contributed by atoms with van der Waals surface area (Å²) < 4.78 is 0. The largest absolute Gasteiger partial charge is 0.339 e. The SMILES string of the molecule is CN(CC(=O)Nc1cc(Cl)c(Cl)cc1Cl)CC(=O)N1CCNCC1. The van der Waals surface area contributed by atoms with Gasteiger partial charge in [0.2, 0.25) is 11.8 Å². The zero-order valence-electron chi connectivity index (χ0n) is 13.2. The minimum Gasteiger partial charge on any atom is -0.339 e. The van der Waals surface area contributed by atoms with Gasteiger partial charge in [0.1, 0.15) is 0 Å². The van der Waals surface area contributed by atoms with Crippen LogP contribution in [0.1, 0.15) is 0 Å². The lowest BCUT2D eigenvalue weighted by Gasteiger charge is -2.29. The van der Waals surface area contributed by atoms with Gasteiger partial charge in [0.05, 0.1) is 33.8 Å². The number of rotatable bonds is 5. The fourth-order valence-electron chi connectivity index (χ4n) is 2.35. The number of carbonyl (C=O) groups excluding carboxylic acids is 2. The topological polar surface area (TPSA) is 64.7 Å². The van der Waals surface area contributed by atoms with E-state index < -0.39 is 0 Å². The number of halogens is 3. The smallest absolute Gasteiger partial charge is 0.238 e. The first-order valence-electron chi connectivity index (χ1n) is 7.48. The van der Waals surface area contributed by atoms with Gasteiger partial charge in [-0.3, -0.25) is 14.5 Å². The number of amides is 2. The third kappa shape index (κ3) is 5.50. The molecule has 1 saturated heterocycles. The normalized spacial score (nSPS) is 14.8. The van der Waals surface area contributed by atoms with Gasteiger partial charge >= 0.3 is 0 Å². The van der Waals surface area contributed by atoms with Crippen molar-refractivity contribution in [1.82, 2.24) is 15.1 Å². The number of nitrogens with zero attached hydrogens (tertiary/aromatic N) is 2. The minimum atomic E-state index is -0.286. The Hall–Kier alpha value is -1.05. The number of nitrogens with one attached hydrogen (secondary N) is 2. The van der Waals surface area contributed by atoms with Crippen LogP contribution in [0, 0.1) is 0 Å². The molecule has 9 heteroatoms. The lowest BCUT2D eigenvalue weighted by atomic mass is 10.3. The Morgan fingerprint density at radius 3 is 2.42 bits per heavy atom. The first-order valence-corrected chi connectivity index (χ1v) is 8.61. The Bertz CT molecular complexity index is 621. The van der Waals surface area contributed by atoms with Crippen molar-refractivity contribution in [3.05, 3.63) is 27.2 Å². The van der Waals surface area contributed by atoms with Crippen molar-refractivity contribution in [2.75, 3.05) is 51.6 Å². The maximum Gasteiger partial charge on any atom is 0.238 e. The third-order valence-corrected chi connectivity index (χ3v) is 4.61. The summed E-state index contributed by atoms with van der Waals surface area (Å²) in [6, 6.07) is 2.97. The number of benzene rings is 1.